The zero-order valence-electron chi connectivity index (χ0n) is 40.9. The van der Waals surface area contributed by atoms with Crippen LogP contribution in [-0.2, 0) is 33.2 Å². The predicted octanol–water partition coefficient (Wildman–Crippen LogP) is 3.28. The lowest BCUT2D eigenvalue weighted by Gasteiger charge is -2.58. The largest absolute Gasteiger partial charge is 0.446 e. The van der Waals surface area contributed by atoms with Crippen molar-refractivity contribution in [1.29, 1.82) is 0 Å². The standard InChI is InChI=1S/C50H85NO16/c1-25(2)10-8-11-26(3)32-14-15-33-31-13-12-29-22-30(16-18-49(29,6)34(31)17-19-50(32,33)7)63-48(60)51-20-9-21-61-47-44(67-46-42(59)41(58)38(55)28(5)62-46)43(40(57)36(24-53)65-47)66-45-27(4)37(54)39(56)35(23-52)64-45/h12,25-28,30-47,52-59H,8-11,13-24H2,1-7H3,(H,51,60)/t26-,27?,28?,30+,31+,32-,33+,34+,35?,36?,37-,38-,39+,40+,41?,42+,43+,44?,45-,46+,47-,49+,50-/m1/s1. The number of carbonyl (C=O) groups excluding carboxylic acids is 1. The molecule has 0 aromatic rings. The molecule has 17 heteroatoms. The highest BCUT2D eigenvalue weighted by Crippen LogP contribution is 2.67. The minimum Gasteiger partial charge on any atom is -0.446 e. The second kappa shape index (κ2) is 22.5. The fourth-order valence-corrected chi connectivity index (χ4v) is 13.7. The van der Waals surface area contributed by atoms with Crippen molar-refractivity contribution < 1.29 is 78.8 Å². The summed E-state index contributed by atoms with van der Waals surface area (Å²) in [7, 11) is 0. The van der Waals surface area contributed by atoms with E-state index in [9.17, 15) is 45.6 Å². The molecule has 9 N–H and O–H groups in total. The Balaban J connectivity index is 0.929. The number of allylic oxidation sites excluding steroid dienone is 1. The zero-order chi connectivity index (χ0) is 48.5. The van der Waals surface area contributed by atoms with Gasteiger partial charge >= 0.3 is 6.09 Å². The highest BCUT2D eigenvalue weighted by atomic mass is 16.8. The van der Waals surface area contributed by atoms with Crippen molar-refractivity contribution in [2.24, 2.45) is 52.3 Å². The molecule has 0 aromatic heterocycles. The molecule has 3 saturated heterocycles. The molecule has 4 aliphatic carbocycles. The molecule has 23 atom stereocenters. The van der Waals surface area contributed by atoms with E-state index in [1.54, 1.807) is 0 Å². The topological polar surface area (TPSA) is 256 Å². The third-order valence-electron chi connectivity index (χ3n) is 17.8. The van der Waals surface area contributed by atoms with Gasteiger partial charge in [-0.2, -0.15) is 0 Å². The number of aliphatic hydroxyl groups excluding tert-OH is 8. The van der Waals surface area contributed by atoms with E-state index in [2.05, 4.69) is 46.0 Å². The lowest BCUT2D eigenvalue weighted by atomic mass is 9.47. The number of hydrogen-bond donors (Lipinski definition) is 9. The lowest BCUT2D eigenvalue weighted by Crippen LogP contribution is -2.66. The van der Waals surface area contributed by atoms with Crippen LogP contribution in [0.15, 0.2) is 11.6 Å². The summed E-state index contributed by atoms with van der Waals surface area (Å²) in [4.78, 5) is 13.2. The van der Waals surface area contributed by atoms with Gasteiger partial charge in [0.2, 0.25) is 0 Å². The second-order valence-corrected chi connectivity index (χ2v) is 22.4. The second-order valence-electron chi connectivity index (χ2n) is 22.4. The van der Waals surface area contributed by atoms with Gasteiger partial charge in [0.05, 0.1) is 32.0 Å². The Labute approximate surface area is 397 Å². The van der Waals surface area contributed by atoms with Gasteiger partial charge in [0.15, 0.2) is 18.9 Å². The Kier molecular flexibility index (Phi) is 17.9. The van der Waals surface area contributed by atoms with Gasteiger partial charge in [-0.05, 0) is 105 Å². The van der Waals surface area contributed by atoms with Crippen LogP contribution in [0.3, 0.4) is 0 Å². The highest BCUT2D eigenvalue weighted by Gasteiger charge is 2.60. The number of fused-ring (bicyclic) bond motifs is 5. The molecular weight excluding hydrogens is 871 g/mol. The predicted molar refractivity (Wildman–Crippen MR) is 243 cm³/mol. The summed E-state index contributed by atoms with van der Waals surface area (Å²) in [6, 6.07) is 0. The summed E-state index contributed by atoms with van der Waals surface area (Å²) < 4.78 is 41.9. The first-order valence-electron chi connectivity index (χ1n) is 25.7. The minimum atomic E-state index is -1.75. The maximum absolute atomic E-state index is 13.2. The Hall–Kier alpha value is -1.55. The molecule has 3 aliphatic heterocycles. The summed E-state index contributed by atoms with van der Waals surface area (Å²) in [6.07, 6.45) is -4.87. The molecule has 0 bridgehead atoms. The molecule has 0 spiro atoms. The van der Waals surface area contributed by atoms with Crippen LogP contribution < -0.4 is 5.32 Å². The number of rotatable bonds is 17. The van der Waals surface area contributed by atoms with Crippen molar-refractivity contribution in [1.82, 2.24) is 5.32 Å². The average Bonchev–Trinajstić information content (AvgIpc) is 3.66. The number of hydrogen-bond acceptors (Lipinski definition) is 16. The lowest BCUT2D eigenvalue weighted by molar-refractivity contribution is -0.387. The van der Waals surface area contributed by atoms with Gasteiger partial charge in [-0.3, -0.25) is 0 Å². The third-order valence-corrected chi connectivity index (χ3v) is 17.8. The van der Waals surface area contributed by atoms with E-state index in [1.165, 1.54) is 64.4 Å². The first kappa shape index (κ1) is 53.3. The maximum Gasteiger partial charge on any atom is 0.407 e. The van der Waals surface area contributed by atoms with Crippen LogP contribution in [0.25, 0.3) is 0 Å². The quantitative estimate of drug-likeness (QED) is 0.0749. The van der Waals surface area contributed by atoms with Crippen molar-refractivity contribution >= 4 is 6.09 Å². The number of amides is 1. The summed E-state index contributed by atoms with van der Waals surface area (Å²) in [5, 5.41) is 87.2. The van der Waals surface area contributed by atoms with Crippen molar-refractivity contribution in [3.8, 4) is 0 Å². The molecule has 67 heavy (non-hydrogen) atoms. The summed E-state index contributed by atoms with van der Waals surface area (Å²) >= 11 is 0. The number of ether oxygens (including phenoxy) is 7. The van der Waals surface area contributed by atoms with Crippen LogP contribution in [0.4, 0.5) is 4.79 Å². The van der Waals surface area contributed by atoms with Crippen molar-refractivity contribution in [2.45, 2.75) is 218 Å². The van der Waals surface area contributed by atoms with Crippen LogP contribution in [0.5, 0.6) is 0 Å². The monoisotopic (exact) mass is 956 g/mol. The van der Waals surface area contributed by atoms with Gasteiger partial charge in [-0.1, -0.05) is 72.5 Å². The van der Waals surface area contributed by atoms with Crippen molar-refractivity contribution in [3.63, 3.8) is 0 Å². The van der Waals surface area contributed by atoms with Crippen molar-refractivity contribution in [3.05, 3.63) is 11.6 Å². The molecule has 3 heterocycles. The molecule has 1 amide bonds. The molecule has 6 fully saturated rings. The summed E-state index contributed by atoms with van der Waals surface area (Å²) in [5.74, 6) is 3.65. The number of carbonyl (C=O) groups is 1. The smallest absolute Gasteiger partial charge is 0.407 e. The third kappa shape index (κ3) is 11.1. The van der Waals surface area contributed by atoms with Crippen LogP contribution >= 0.6 is 0 Å². The molecule has 7 aliphatic rings. The Morgan fingerprint density at radius 2 is 1.46 bits per heavy atom. The fourth-order valence-electron chi connectivity index (χ4n) is 13.7. The first-order valence-corrected chi connectivity index (χ1v) is 25.7. The molecule has 386 valence electrons. The van der Waals surface area contributed by atoms with E-state index in [4.69, 9.17) is 33.2 Å². The van der Waals surface area contributed by atoms with Crippen LogP contribution in [0, 0.1) is 52.3 Å². The number of alkyl carbamates (subject to hydrolysis) is 1. The maximum atomic E-state index is 13.2. The van der Waals surface area contributed by atoms with Gasteiger partial charge in [-0.25, -0.2) is 4.79 Å². The van der Waals surface area contributed by atoms with Crippen LogP contribution in [0.2, 0.25) is 0 Å². The Morgan fingerprint density at radius 3 is 2.18 bits per heavy atom. The Bertz CT molecular complexity index is 1640. The average molecular weight is 956 g/mol. The van der Waals surface area contributed by atoms with Gasteiger partial charge in [0, 0.05) is 18.9 Å². The van der Waals surface area contributed by atoms with E-state index in [-0.39, 0.29) is 31.1 Å². The molecule has 6 unspecified atom stereocenters. The molecular formula is C50H85NO16. The van der Waals surface area contributed by atoms with Gasteiger partial charge < -0.3 is 79.3 Å². The van der Waals surface area contributed by atoms with E-state index in [0.717, 1.165) is 55.3 Å². The zero-order valence-corrected chi connectivity index (χ0v) is 40.9. The van der Waals surface area contributed by atoms with Gasteiger partial charge in [0.1, 0.15) is 61.0 Å². The highest BCUT2D eigenvalue weighted by molar-refractivity contribution is 5.67. The summed E-state index contributed by atoms with van der Waals surface area (Å²) in [5.41, 5.74) is 2.00. The normalized spacial score (nSPS) is 47.1. The van der Waals surface area contributed by atoms with Gasteiger partial charge in [-0.15, -0.1) is 0 Å². The SMILES string of the molecule is CC(C)CCC[C@@H](C)[C@H]1CC[C@H]2[C@@H]3CC=C4C[C@@H](OC(=O)NCCCO[C@@H]5OC(CO)[C@H](O)[C@H](O[C@H]6OC(CO)[C@H](O)[C@H](O)C6C)C5O[C@@H]5OC(C)[C@@H](O)C(O)[C@@H]5O)CC[C@]4(C)[C@H]3CC[C@]12C. The van der Waals surface area contributed by atoms with E-state index < -0.39 is 111 Å². The van der Waals surface area contributed by atoms with E-state index in [1.807, 2.05) is 0 Å². The van der Waals surface area contributed by atoms with Crippen LogP contribution in [0.1, 0.15) is 126 Å². The molecule has 7 rings (SSSR count). The molecule has 0 radical (unpaired) electrons. The van der Waals surface area contributed by atoms with Crippen LogP contribution in [-0.4, -0.2) is 165 Å². The van der Waals surface area contributed by atoms with E-state index in [0.29, 0.717) is 11.3 Å². The fraction of sp³-hybridized carbons (Fsp3) is 0.940. The first-order chi connectivity index (χ1) is 31.8. The molecule has 3 saturated carbocycles. The Morgan fingerprint density at radius 1 is 0.761 bits per heavy atom. The molecule has 17 nitrogen and oxygen atoms in total. The van der Waals surface area contributed by atoms with Gasteiger partial charge in [0.25, 0.3) is 0 Å². The minimum absolute atomic E-state index is 0.0273. The summed E-state index contributed by atoms with van der Waals surface area (Å²) in [6.45, 7) is 14.1. The number of nitrogens with one attached hydrogen (secondary N) is 1. The molecule has 0 aromatic carbocycles. The number of aliphatic hydroxyl groups is 8. The van der Waals surface area contributed by atoms with E-state index >= 15 is 0 Å². The van der Waals surface area contributed by atoms with Crippen molar-refractivity contribution in [2.75, 3.05) is 26.4 Å².